The highest BCUT2D eigenvalue weighted by Gasteiger charge is 2.85. The van der Waals surface area contributed by atoms with Gasteiger partial charge in [-0.1, -0.05) is 52.8 Å². The standard InChI is InChI=1S/C29H42O6/c1-9-16(4)26(32)35-25-18(6)28(33)21-10-17(5)23(31)20(21)11-19(13-30)12-22(28)24-27(7,8)29(24,25)34-14-15(2)3/h9-10,12,15,18,20-22,24-25,30,33H,11,13-14H2,1-8H3/b16-9+/t18-,20-,21-,22+,24-,25-,28+,29-/m1/s1. The minimum atomic E-state index is -1.33. The van der Waals surface area contributed by atoms with Crippen LogP contribution in [-0.2, 0) is 19.1 Å². The molecule has 0 aliphatic heterocycles. The summed E-state index contributed by atoms with van der Waals surface area (Å²) in [4.78, 5) is 26.2. The lowest BCUT2D eigenvalue weighted by molar-refractivity contribution is -0.219. The first-order chi connectivity index (χ1) is 16.3. The van der Waals surface area contributed by atoms with Crippen molar-refractivity contribution in [1.29, 1.82) is 0 Å². The van der Waals surface area contributed by atoms with E-state index in [1.54, 1.807) is 26.8 Å². The van der Waals surface area contributed by atoms with E-state index in [2.05, 4.69) is 27.7 Å². The Labute approximate surface area is 209 Å². The molecule has 35 heavy (non-hydrogen) atoms. The summed E-state index contributed by atoms with van der Waals surface area (Å²) < 4.78 is 12.9. The number of esters is 1. The molecule has 2 N–H and O–H groups in total. The Kier molecular flexibility index (Phi) is 6.52. The Morgan fingerprint density at radius 1 is 1.26 bits per heavy atom. The van der Waals surface area contributed by atoms with Crippen molar-refractivity contribution >= 4 is 11.8 Å². The van der Waals surface area contributed by atoms with Gasteiger partial charge in [-0.2, -0.15) is 0 Å². The average molecular weight is 487 g/mol. The molecule has 0 aromatic carbocycles. The molecule has 0 radical (unpaired) electrons. The molecule has 0 spiro atoms. The van der Waals surface area contributed by atoms with Crippen molar-refractivity contribution in [1.82, 2.24) is 0 Å². The summed E-state index contributed by atoms with van der Waals surface area (Å²) in [7, 11) is 0. The first-order valence-electron chi connectivity index (χ1n) is 13.0. The summed E-state index contributed by atoms with van der Waals surface area (Å²) in [6, 6.07) is 0. The van der Waals surface area contributed by atoms with Gasteiger partial charge in [-0.25, -0.2) is 4.79 Å². The Bertz CT molecular complexity index is 1000. The van der Waals surface area contributed by atoms with Crippen molar-refractivity contribution in [2.45, 2.75) is 79.1 Å². The number of aliphatic hydroxyl groups excluding tert-OH is 1. The van der Waals surface area contributed by atoms with E-state index < -0.39 is 46.4 Å². The van der Waals surface area contributed by atoms with Crippen LogP contribution in [0, 0.1) is 40.9 Å². The third-order valence-corrected chi connectivity index (χ3v) is 9.53. The van der Waals surface area contributed by atoms with Crippen LogP contribution in [0.15, 0.2) is 34.9 Å². The number of carbonyl (C=O) groups excluding carboxylic acids is 2. The molecule has 4 aliphatic rings. The van der Waals surface area contributed by atoms with E-state index in [1.165, 1.54) is 0 Å². The average Bonchev–Trinajstić information content (AvgIpc) is 3.22. The maximum Gasteiger partial charge on any atom is 0.333 e. The van der Waals surface area contributed by atoms with E-state index in [4.69, 9.17) is 9.47 Å². The Morgan fingerprint density at radius 3 is 2.49 bits per heavy atom. The maximum atomic E-state index is 13.1. The van der Waals surface area contributed by atoms with Crippen molar-refractivity contribution < 1.29 is 29.3 Å². The van der Waals surface area contributed by atoms with Crippen LogP contribution < -0.4 is 0 Å². The molecule has 0 aromatic rings. The normalized spacial score (nSPS) is 41.9. The van der Waals surface area contributed by atoms with Crippen molar-refractivity contribution in [3.05, 3.63) is 34.9 Å². The van der Waals surface area contributed by atoms with E-state index in [0.717, 1.165) is 5.57 Å². The fraction of sp³-hybridized carbons (Fsp3) is 0.724. The van der Waals surface area contributed by atoms with E-state index in [0.29, 0.717) is 24.2 Å². The topological polar surface area (TPSA) is 93.1 Å². The minimum absolute atomic E-state index is 0.0249. The van der Waals surface area contributed by atoms with Crippen LogP contribution in [0.25, 0.3) is 0 Å². The van der Waals surface area contributed by atoms with Gasteiger partial charge in [0.25, 0.3) is 0 Å². The molecular weight excluding hydrogens is 444 g/mol. The van der Waals surface area contributed by atoms with Crippen LogP contribution in [0.4, 0.5) is 0 Å². The second kappa shape index (κ2) is 8.67. The molecule has 0 amide bonds. The minimum Gasteiger partial charge on any atom is -0.456 e. The van der Waals surface area contributed by atoms with Gasteiger partial charge in [0, 0.05) is 47.2 Å². The molecule has 4 rings (SSSR count). The molecule has 8 atom stereocenters. The second-order valence-electron chi connectivity index (χ2n) is 12.2. The molecule has 194 valence electrons. The number of hydrogen-bond donors (Lipinski definition) is 2. The van der Waals surface area contributed by atoms with Crippen LogP contribution in [-0.4, -0.2) is 52.5 Å². The number of ether oxygens (including phenoxy) is 2. The molecule has 4 aliphatic carbocycles. The monoisotopic (exact) mass is 486 g/mol. The summed E-state index contributed by atoms with van der Waals surface area (Å²) in [5, 5.41) is 22.8. The van der Waals surface area contributed by atoms with Crippen LogP contribution in [0.5, 0.6) is 0 Å². The molecular formula is C29H42O6. The number of hydrogen-bond acceptors (Lipinski definition) is 6. The van der Waals surface area contributed by atoms with Crippen molar-refractivity contribution in [3.63, 3.8) is 0 Å². The van der Waals surface area contributed by atoms with Crippen molar-refractivity contribution in [3.8, 4) is 0 Å². The van der Waals surface area contributed by atoms with E-state index in [1.807, 2.05) is 19.1 Å². The van der Waals surface area contributed by atoms with E-state index in [9.17, 15) is 19.8 Å². The zero-order valence-corrected chi connectivity index (χ0v) is 22.4. The van der Waals surface area contributed by atoms with Crippen LogP contribution >= 0.6 is 0 Å². The first-order valence-corrected chi connectivity index (χ1v) is 13.0. The van der Waals surface area contributed by atoms with Crippen LogP contribution in [0.2, 0.25) is 0 Å². The van der Waals surface area contributed by atoms with Gasteiger partial charge >= 0.3 is 5.97 Å². The van der Waals surface area contributed by atoms with Gasteiger partial charge in [0.15, 0.2) is 5.78 Å². The summed E-state index contributed by atoms with van der Waals surface area (Å²) in [6.45, 7) is 16.0. The summed E-state index contributed by atoms with van der Waals surface area (Å²) in [5.74, 6) is -1.92. The quantitative estimate of drug-likeness (QED) is 0.335. The third kappa shape index (κ3) is 3.54. The van der Waals surface area contributed by atoms with Gasteiger partial charge in [-0.3, -0.25) is 4.79 Å². The molecule has 6 nitrogen and oxygen atoms in total. The molecule has 0 aromatic heterocycles. The fourth-order valence-corrected chi connectivity index (χ4v) is 7.49. The molecule has 0 saturated heterocycles. The predicted octanol–water partition coefficient (Wildman–Crippen LogP) is 4.01. The number of Topliss-reactive ketones (excluding diaryl/α,β-unsaturated/α-hetero) is 1. The SMILES string of the molecule is C/C=C(\C)C(=O)O[C@@H]1[C@@H](C)[C@]2(O)[C@@H]3C=C(C)C(=O)[C@@H]3CC(CO)=C[C@H]2[C@@H]2C(C)(C)[C@]12OCC(C)C. The Morgan fingerprint density at radius 2 is 1.91 bits per heavy atom. The lowest BCUT2D eigenvalue weighted by Crippen LogP contribution is -2.63. The van der Waals surface area contributed by atoms with Gasteiger partial charge in [-0.15, -0.1) is 0 Å². The Balaban J connectivity index is 1.90. The van der Waals surface area contributed by atoms with E-state index >= 15 is 0 Å². The number of ketones is 1. The summed E-state index contributed by atoms with van der Waals surface area (Å²) >= 11 is 0. The number of aliphatic hydroxyl groups is 2. The third-order valence-electron chi connectivity index (χ3n) is 9.53. The zero-order valence-electron chi connectivity index (χ0n) is 22.4. The van der Waals surface area contributed by atoms with Crippen LogP contribution in [0.1, 0.15) is 61.8 Å². The molecule has 2 fully saturated rings. The van der Waals surface area contributed by atoms with E-state index in [-0.39, 0.29) is 30.1 Å². The smallest absolute Gasteiger partial charge is 0.333 e. The van der Waals surface area contributed by atoms with Crippen molar-refractivity contribution in [2.75, 3.05) is 13.2 Å². The van der Waals surface area contributed by atoms with Crippen molar-refractivity contribution in [2.24, 2.45) is 40.9 Å². The molecule has 0 heterocycles. The fourth-order valence-electron chi connectivity index (χ4n) is 7.49. The molecule has 2 saturated carbocycles. The summed E-state index contributed by atoms with van der Waals surface area (Å²) in [5.41, 5.74) is -0.542. The molecule has 0 bridgehead atoms. The van der Waals surface area contributed by atoms with Gasteiger partial charge in [0.05, 0.1) is 12.2 Å². The van der Waals surface area contributed by atoms with Gasteiger partial charge in [0.1, 0.15) is 11.7 Å². The number of fused-ring (bicyclic) bond motifs is 5. The lowest BCUT2D eigenvalue weighted by atomic mass is 9.59. The highest BCUT2D eigenvalue weighted by atomic mass is 16.6. The number of allylic oxidation sites excluding steroid dienone is 2. The Hall–Kier alpha value is -1.76. The zero-order chi connectivity index (χ0) is 26.1. The van der Waals surface area contributed by atoms with Crippen LogP contribution in [0.3, 0.4) is 0 Å². The second-order valence-corrected chi connectivity index (χ2v) is 12.2. The van der Waals surface area contributed by atoms with Gasteiger partial charge in [-0.05, 0) is 44.3 Å². The van der Waals surface area contributed by atoms with Gasteiger partial charge < -0.3 is 19.7 Å². The number of carbonyl (C=O) groups is 2. The summed E-state index contributed by atoms with van der Waals surface area (Å²) in [6.07, 6.45) is 5.39. The lowest BCUT2D eigenvalue weighted by Gasteiger charge is -2.52. The highest BCUT2D eigenvalue weighted by molar-refractivity contribution is 6.00. The first kappa shape index (κ1) is 26.3. The van der Waals surface area contributed by atoms with Gasteiger partial charge in [0.2, 0.25) is 0 Å². The largest absolute Gasteiger partial charge is 0.456 e. The maximum absolute atomic E-state index is 13.1. The molecule has 6 heteroatoms. The number of rotatable bonds is 6. The highest BCUT2D eigenvalue weighted by Crippen LogP contribution is 2.77. The molecule has 0 unspecified atom stereocenters. The predicted molar refractivity (Wildman–Crippen MR) is 133 cm³/mol.